The third-order valence-corrected chi connectivity index (χ3v) is 5.22. The molecule has 0 saturated carbocycles. The summed E-state index contributed by atoms with van der Waals surface area (Å²) in [5.74, 6) is 0.918. The molecule has 5 nitrogen and oxygen atoms in total. The zero-order valence-corrected chi connectivity index (χ0v) is 17.4. The van der Waals surface area contributed by atoms with Crippen molar-refractivity contribution < 1.29 is 9.53 Å². The van der Waals surface area contributed by atoms with Crippen molar-refractivity contribution in [2.24, 2.45) is 0 Å². The van der Waals surface area contributed by atoms with Crippen LogP contribution < -0.4 is 10.1 Å². The summed E-state index contributed by atoms with van der Waals surface area (Å²) in [5.41, 5.74) is 3.22. The highest BCUT2D eigenvalue weighted by Crippen LogP contribution is 2.29. The second kappa shape index (κ2) is 8.65. The molecule has 0 aliphatic carbocycles. The monoisotopic (exact) mass is 381 g/mol. The van der Waals surface area contributed by atoms with Gasteiger partial charge in [0, 0.05) is 44.0 Å². The normalized spacial score (nSPS) is 15.4. The number of amides is 2. The fourth-order valence-electron chi connectivity index (χ4n) is 3.62. The summed E-state index contributed by atoms with van der Waals surface area (Å²) >= 11 is 0. The Morgan fingerprint density at radius 1 is 1.00 bits per heavy atom. The van der Waals surface area contributed by atoms with Crippen molar-refractivity contribution in [2.75, 3.05) is 38.6 Å². The van der Waals surface area contributed by atoms with Gasteiger partial charge in [-0.2, -0.15) is 0 Å². The fraction of sp³-hybridized carbons (Fsp3) is 0.435. The van der Waals surface area contributed by atoms with E-state index in [1.807, 2.05) is 41.3 Å². The first kappa shape index (κ1) is 20.2. The second-order valence-electron chi connectivity index (χ2n) is 8.30. The number of urea groups is 1. The van der Waals surface area contributed by atoms with E-state index in [9.17, 15) is 4.79 Å². The second-order valence-corrected chi connectivity index (χ2v) is 8.30. The number of piperazine rings is 1. The molecule has 1 saturated heterocycles. The number of nitrogens with one attached hydrogen (secondary N) is 1. The molecular formula is C23H31N3O2. The van der Waals surface area contributed by atoms with Crippen molar-refractivity contribution in [1.29, 1.82) is 0 Å². The number of para-hydroxylation sites is 2. The molecular weight excluding hydrogens is 350 g/mol. The predicted octanol–water partition coefficient (Wildman–Crippen LogP) is 4.34. The van der Waals surface area contributed by atoms with Gasteiger partial charge in [0.15, 0.2) is 0 Å². The molecule has 0 aromatic heterocycles. The number of anilines is 1. The molecule has 1 aliphatic rings. The summed E-state index contributed by atoms with van der Waals surface area (Å²) in [7, 11) is 1.70. The number of carbonyl (C=O) groups excluding carboxylic acids is 1. The van der Waals surface area contributed by atoms with Crippen molar-refractivity contribution >= 4 is 11.7 Å². The van der Waals surface area contributed by atoms with E-state index < -0.39 is 0 Å². The number of hydrogen-bond acceptors (Lipinski definition) is 3. The van der Waals surface area contributed by atoms with Crippen LogP contribution in [0, 0.1) is 0 Å². The van der Waals surface area contributed by atoms with E-state index in [1.54, 1.807) is 7.11 Å². The predicted molar refractivity (Wildman–Crippen MR) is 114 cm³/mol. The summed E-state index contributed by atoms with van der Waals surface area (Å²) in [6, 6.07) is 16.1. The summed E-state index contributed by atoms with van der Waals surface area (Å²) in [5, 5.41) is 3.12. The third kappa shape index (κ3) is 4.84. The van der Waals surface area contributed by atoms with Gasteiger partial charge in [0.05, 0.1) is 7.11 Å². The highest BCUT2D eigenvalue weighted by Gasteiger charge is 2.24. The minimum absolute atomic E-state index is 0.0166. The van der Waals surface area contributed by atoms with Crippen molar-refractivity contribution in [1.82, 2.24) is 9.80 Å². The van der Waals surface area contributed by atoms with Gasteiger partial charge in [-0.1, -0.05) is 57.2 Å². The first-order chi connectivity index (χ1) is 13.4. The molecule has 0 unspecified atom stereocenters. The van der Waals surface area contributed by atoms with E-state index in [0.717, 1.165) is 49.7 Å². The first-order valence-electron chi connectivity index (χ1n) is 9.88. The zero-order chi connectivity index (χ0) is 20.1. The average molecular weight is 382 g/mol. The fourth-order valence-corrected chi connectivity index (χ4v) is 3.62. The number of benzene rings is 2. The Labute approximate surface area is 168 Å². The van der Waals surface area contributed by atoms with E-state index in [1.165, 1.54) is 5.56 Å². The topological polar surface area (TPSA) is 44.8 Å². The van der Waals surface area contributed by atoms with Crippen LogP contribution in [0.2, 0.25) is 0 Å². The number of methoxy groups -OCH3 is 1. The van der Waals surface area contributed by atoms with Crippen LogP contribution in [0.5, 0.6) is 5.75 Å². The van der Waals surface area contributed by atoms with Crippen LogP contribution in [0.3, 0.4) is 0 Å². The lowest BCUT2D eigenvalue weighted by Gasteiger charge is -2.35. The lowest BCUT2D eigenvalue weighted by Crippen LogP contribution is -2.49. The van der Waals surface area contributed by atoms with Gasteiger partial charge in [-0.25, -0.2) is 4.79 Å². The number of carbonyl (C=O) groups is 1. The molecule has 150 valence electrons. The van der Waals surface area contributed by atoms with Crippen molar-refractivity contribution in [2.45, 2.75) is 32.7 Å². The zero-order valence-electron chi connectivity index (χ0n) is 17.4. The van der Waals surface area contributed by atoms with Crippen LogP contribution in [0.4, 0.5) is 10.5 Å². The average Bonchev–Trinajstić information content (AvgIpc) is 2.68. The Balaban J connectivity index is 1.57. The molecule has 2 amide bonds. The molecule has 3 rings (SSSR count). The maximum atomic E-state index is 12.8. The van der Waals surface area contributed by atoms with E-state index in [0.29, 0.717) is 0 Å². The molecule has 1 aliphatic heterocycles. The smallest absolute Gasteiger partial charge is 0.321 e. The maximum Gasteiger partial charge on any atom is 0.321 e. The summed E-state index contributed by atoms with van der Waals surface area (Å²) in [6.45, 7) is 10.5. The molecule has 0 bridgehead atoms. The highest BCUT2D eigenvalue weighted by atomic mass is 16.5. The molecule has 5 heteroatoms. The van der Waals surface area contributed by atoms with Crippen LogP contribution in [-0.4, -0.2) is 49.1 Å². The molecule has 2 aromatic rings. The largest absolute Gasteiger partial charge is 0.496 e. The quantitative estimate of drug-likeness (QED) is 0.857. The molecule has 0 radical (unpaired) electrons. The highest BCUT2D eigenvalue weighted by molar-refractivity contribution is 5.90. The van der Waals surface area contributed by atoms with E-state index in [2.05, 4.69) is 43.1 Å². The van der Waals surface area contributed by atoms with E-state index in [-0.39, 0.29) is 11.4 Å². The lowest BCUT2D eigenvalue weighted by molar-refractivity contribution is 0.142. The van der Waals surface area contributed by atoms with Crippen LogP contribution in [-0.2, 0) is 12.0 Å². The van der Waals surface area contributed by atoms with Gasteiger partial charge in [-0.15, -0.1) is 0 Å². The van der Waals surface area contributed by atoms with Crippen LogP contribution in [0.1, 0.15) is 31.9 Å². The molecule has 0 spiro atoms. The number of ether oxygens (including phenoxy) is 1. The van der Waals surface area contributed by atoms with Gasteiger partial charge in [-0.05, 0) is 23.1 Å². The maximum absolute atomic E-state index is 12.8. The SMILES string of the molecule is COc1ccccc1CN1CCN(C(=O)Nc2ccccc2C(C)(C)C)CC1. The van der Waals surface area contributed by atoms with Crippen LogP contribution in [0.15, 0.2) is 48.5 Å². The first-order valence-corrected chi connectivity index (χ1v) is 9.88. The molecule has 2 aromatic carbocycles. The van der Waals surface area contributed by atoms with Gasteiger partial charge >= 0.3 is 6.03 Å². The van der Waals surface area contributed by atoms with Crippen LogP contribution in [0.25, 0.3) is 0 Å². The van der Waals surface area contributed by atoms with Gasteiger partial charge in [-0.3, -0.25) is 4.90 Å². The Kier molecular flexibility index (Phi) is 6.25. The molecule has 1 fully saturated rings. The Morgan fingerprint density at radius 3 is 2.32 bits per heavy atom. The van der Waals surface area contributed by atoms with Crippen molar-refractivity contribution in [3.63, 3.8) is 0 Å². The van der Waals surface area contributed by atoms with E-state index >= 15 is 0 Å². The molecule has 1 heterocycles. The summed E-state index contributed by atoms with van der Waals surface area (Å²) in [6.07, 6.45) is 0. The molecule has 28 heavy (non-hydrogen) atoms. The van der Waals surface area contributed by atoms with Crippen LogP contribution >= 0.6 is 0 Å². The Morgan fingerprint density at radius 2 is 1.64 bits per heavy atom. The van der Waals surface area contributed by atoms with Gasteiger partial charge in [0.2, 0.25) is 0 Å². The van der Waals surface area contributed by atoms with Crippen molar-refractivity contribution in [3.8, 4) is 5.75 Å². The minimum atomic E-state index is -0.0198. The van der Waals surface area contributed by atoms with Crippen molar-refractivity contribution in [3.05, 3.63) is 59.7 Å². The van der Waals surface area contributed by atoms with Gasteiger partial charge in [0.1, 0.15) is 5.75 Å². The number of rotatable bonds is 4. The number of hydrogen-bond donors (Lipinski definition) is 1. The summed E-state index contributed by atoms with van der Waals surface area (Å²) in [4.78, 5) is 17.1. The standard InChI is InChI=1S/C23H31N3O2/c1-23(2,3)19-10-6-7-11-20(19)24-22(27)26-15-13-25(14-16-26)17-18-9-5-8-12-21(18)28-4/h5-12H,13-17H2,1-4H3,(H,24,27). The minimum Gasteiger partial charge on any atom is -0.496 e. The Bertz CT molecular complexity index is 805. The summed E-state index contributed by atoms with van der Waals surface area (Å²) < 4.78 is 5.45. The molecule has 0 atom stereocenters. The molecule has 1 N–H and O–H groups in total. The Hall–Kier alpha value is -2.53. The third-order valence-electron chi connectivity index (χ3n) is 5.22. The van der Waals surface area contributed by atoms with E-state index in [4.69, 9.17) is 4.74 Å². The van der Waals surface area contributed by atoms with Gasteiger partial charge in [0.25, 0.3) is 0 Å². The number of nitrogens with zero attached hydrogens (tertiary/aromatic N) is 2. The van der Waals surface area contributed by atoms with Gasteiger partial charge < -0.3 is 15.0 Å². The lowest BCUT2D eigenvalue weighted by atomic mass is 9.86.